The summed E-state index contributed by atoms with van der Waals surface area (Å²) in [5.41, 5.74) is 4.89. The van der Waals surface area contributed by atoms with E-state index in [0.29, 0.717) is 21.7 Å². The molecule has 154 valence electrons. The number of rotatable bonds is 6. The van der Waals surface area contributed by atoms with Crippen LogP contribution in [0.1, 0.15) is 27.0 Å². The molecular formula is C22H16Cl3FN2O2. The number of ether oxygens (including phenoxy) is 1. The third-order valence-electron chi connectivity index (χ3n) is 4.11. The summed E-state index contributed by atoms with van der Waals surface area (Å²) < 4.78 is 18.9. The van der Waals surface area contributed by atoms with Crippen LogP contribution in [0.5, 0.6) is 5.75 Å². The Bertz CT molecular complexity index is 1100. The standard InChI is InChI=1S/C22H16Cl3FN2O2/c1-13-5-6-16(10-18(13)23)22(29)28-27-11-15-8-19(24)21(20(25)9-15)30-12-14-3-2-4-17(26)7-14/h2-11H,12H2,1H3,(H,28,29)/b27-11-. The second-order valence-electron chi connectivity index (χ2n) is 6.40. The van der Waals surface area contributed by atoms with Gasteiger partial charge >= 0.3 is 0 Å². The van der Waals surface area contributed by atoms with E-state index in [0.717, 1.165) is 5.56 Å². The number of nitrogens with one attached hydrogen (secondary N) is 1. The van der Waals surface area contributed by atoms with Gasteiger partial charge in [0.25, 0.3) is 5.91 Å². The number of aryl methyl sites for hydroxylation is 1. The summed E-state index contributed by atoms with van der Waals surface area (Å²) in [4.78, 5) is 12.1. The minimum absolute atomic E-state index is 0.111. The van der Waals surface area contributed by atoms with E-state index in [1.165, 1.54) is 18.3 Å². The lowest BCUT2D eigenvalue weighted by Crippen LogP contribution is -2.17. The number of carbonyl (C=O) groups excluding carboxylic acids is 1. The summed E-state index contributed by atoms with van der Waals surface area (Å²) in [5.74, 6) is -0.478. The first-order valence-corrected chi connectivity index (χ1v) is 9.92. The Morgan fingerprint density at radius 1 is 1.07 bits per heavy atom. The van der Waals surface area contributed by atoms with Crippen molar-refractivity contribution in [1.82, 2.24) is 5.43 Å². The van der Waals surface area contributed by atoms with Gasteiger partial charge in [-0.05, 0) is 60.0 Å². The van der Waals surface area contributed by atoms with Gasteiger partial charge in [-0.25, -0.2) is 9.82 Å². The number of hydrazone groups is 1. The highest BCUT2D eigenvalue weighted by Gasteiger charge is 2.10. The number of benzene rings is 3. The molecule has 8 heteroatoms. The van der Waals surface area contributed by atoms with Gasteiger partial charge in [-0.15, -0.1) is 0 Å². The van der Waals surface area contributed by atoms with E-state index in [2.05, 4.69) is 10.5 Å². The summed E-state index contributed by atoms with van der Waals surface area (Å²) in [6.07, 6.45) is 1.40. The number of halogens is 4. The molecule has 0 spiro atoms. The number of hydrogen-bond acceptors (Lipinski definition) is 3. The maximum absolute atomic E-state index is 13.3. The van der Waals surface area contributed by atoms with Crippen molar-refractivity contribution in [3.8, 4) is 5.75 Å². The van der Waals surface area contributed by atoms with Gasteiger partial charge in [0.05, 0.1) is 16.3 Å². The summed E-state index contributed by atoms with van der Waals surface area (Å²) >= 11 is 18.5. The maximum atomic E-state index is 13.3. The SMILES string of the molecule is Cc1ccc(C(=O)N/N=C\c2cc(Cl)c(OCc3cccc(F)c3)c(Cl)c2)cc1Cl. The average molecular weight is 466 g/mol. The van der Waals surface area contributed by atoms with Crippen LogP contribution in [0.4, 0.5) is 4.39 Å². The zero-order chi connectivity index (χ0) is 21.7. The lowest BCUT2D eigenvalue weighted by atomic mass is 10.1. The summed E-state index contributed by atoms with van der Waals surface area (Å²) in [7, 11) is 0. The van der Waals surface area contributed by atoms with Crippen molar-refractivity contribution in [2.24, 2.45) is 5.10 Å². The van der Waals surface area contributed by atoms with Gasteiger partial charge in [-0.1, -0.05) is 53.0 Å². The Hall–Kier alpha value is -2.60. The number of amides is 1. The third-order valence-corrected chi connectivity index (χ3v) is 5.08. The van der Waals surface area contributed by atoms with E-state index >= 15 is 0 Å². The molecule has 30 heavy (non-hydrogen) atoms. The van der Waals surface area contributed by atoms with Crippen molar-refractivity contribution in [2.75, 3.05) is 0 Å². The summed E-state index contributed by atoms with van der Waals surface area (Å²) in [6, 6.07) is 14.2. The first-order chi connectivity index (χ1) is 14.3. The van der Waals surface area contributed by atoms with E-state index in [1.807, 2.05) is 6.92 Å². The van der Waals surface area contributed by atoms with Crippen molar-refractivity contribution in [3.05, 3.63) is 97.7 Å². The van der Waals surface area contributed by atoms with Crippen molar-refractivity contribution in [1.29, 1.82) is 0 Å². The first kappa shape index (κ1) is 22.1. The van der Waals surface area contributed by atoms with Gasteiger partial charge in [0.15, 0.2) is 5.75 Å². The highest BCUT2D eigenvalue weighted by Crippen LogP contribution is 2.34. The fourth-order valence-electron chi connectivity index (χ4n) is 2.54. The molecule has 0 aliphatic heterocycles. The van der Waals surface area contributed by atoms with Crippen LogP contribution < -0.4 is 10.2 Å². The molecule has 3 aromatic rings. The minimum Gasteiger partial charge on any atom is -0.486 e. The zero-order valence-corrected chi connectivity index (χ0v) is 18.0. The fraction of sp³-hybridized carbons (Fsp3) is 0.0909. The largest absolute Gasteiger partial charge is 0.486 e. The van der Waals surface area contributed by atoms with E-state index in [1.54, 1.807) is 42.5 Å². The van der Waals surface area contributed by atoms with Gasteiger partial charge in [0.1, 0.15) is 12.4 Å². The topological polar surface area (TPSA) is 50.7 Å². The molecule has 0 fully saturated rings. The Balaban J connectivity index is 1.65. The van der Waals surface area contributed by atoms with Crippen LogP contribution in [-0.4, -0.2) is 12.1 Å². The molecule has 0 bridgehead atoms. The van der Waals surface area contributed by atoms with Gasteiger partial charge in [-0.2, -0.15) is 5.10 Å². The molecule has 0 saturated heterocycles. The van der Waals surface area contributed by atoms with Gasteiger partial charge in [-0.3, -0.25) is 4.79 Å². The maximum Gasteiger partial charge on any atom is 0.271 e. The highest BCUT2D eigenvalue weighted by atomic mass is 35.5. The van der Waals surface area contributed by atoms with Gasteiger partial charge < -0.3 is 4.74 Å². The first-order valence-electron chi connectivity index (χ1n) is 8.79. The summed E-state index contributed by atoms with van der Waals surface area (Å²) in [6.45, 7) is 1.96. The predicted octanol–water partition coefficient (Wildman–Crippen LogP) is 6.44. The molecule has 0 atom stereocenters. The van der Waals surface area contributed by atoms with Crippen molar-refractivity contribution in [3.63, 3.8) is 0 Å². The number of nitrogens with zero attached hydrogens (tertiary/aromatic N) is 1. The molecule has 0 aliphatic rings. The lowest BCUT2D eigenvalue weighted by molar-refractivity contribution is 0.0955. The zero-order valence-electron chi connectivity index (χ0n) is 15.8. The monoisotopic (exact) mass is 464 g/mol. The van der Waals surface area contributed by atoms with E-state index in [4.69, 9.17) is 39.5 Å². The number of hydrogen-bond donors (Lipinski definition) is 1. The van der Waals surface area contributed by atoms with E-state index in [9.17, 15) is 9.18 Å². The Morgan fingerprint density at radius 2 is 1.80 bits per heavy atom. The second kappa shape index (κ2) is 9.94. The molecule has 0 aliphatic carbocycles. The molecule has 0 heterocycles. The molecule has 0 unspecified atom stereocenters. The molecule has 0 radical (unpaired) electrons. The third kappa shape index (κ3) is 5.72. The highest BCUT2D eigenvalue weighted by molar-refractivity contribution is 6.37. The van der Waals surface area contributed by atoms with Crippen LogP contribution in [0.2, 0.25) is 15.1 Å². The Labute approximate surface area is 188 Å². The van der Waals surface area contributed by atoms with Crippen LogP contribution in [-0.2, 0) is 6.61 Å². The fourth-order valence-corrected chi connectivity index (χ4v) is 3.33. The smallest absolute Gasteiger partial charge is 0.271 e. The Morgan fingerprint density at radius 3 is 2.47 bits per heavy atom. The van der Waals surface area contributed by atoms with Crippen LogP contribution in [0.3, 0.4) is 0 Å². The van der Waals surface area contributed by atoms with Crippen molar-refractivity contribution >= 4 is 46.9 Å². The molecule has 1 N–H and O–H groups in total. The van der Waals surface area contributed by atoms with Crippen molar-refractivity contribution < 1.29 is 13.9 Å². The van der Waals surface area contributed by atoms with Crippen molar-refractivity contribution in [2.45, 2.75) is 13.5 Å². The molecule has 3 aromatic carbocycles. The van der Waals surface area contributed by atoms with Gasteiger partial charge in [0.2, 0.25) is 0 Å². The van der Waals surface area contributed by atoms with E-state index in [-0.39, 0.29) is 28.2 Å². The normalized spacial score (nSPS) is 11.0. The molecule has 0 aromatic heterocycles. The number of carbonyl (C=O) groups is 1. The van der Waals surface area contributed by atoms with Crippen LogP contribution in [0, 0.1) is 12.7 Å². The van der Waals surface area contributed by atoms with Crippen LogP contribution in [0.25, 0.3) is 0 Å². The summed E-state index contributed by atoms with van der Waals surface area (Å²) in [5, 5.41) is 4.94. The molecular weight excluding hydrogens is 450 g/mol. The van der Waals surface area contributed by atoms with Crippen LogP contribution >= 0.6 is 34.8 Å². The van der Waals surface area contributed by atoms with Crippen LogP contribution in [0.15, 0.2) is 59.7 Å². The average Bonchev–Trinajstić information content (AvgIpc) is 2.69. The molecule has 0 saturated carbocycles. The molecule has 4 nitrogen and oxygen atoms in total. The quantitative estimate of drug-likeness (QED) is 0.336. The van der Waals surface area contributed by atoms with E-state index < -0.39 is 5.91 Å². The predicted molar refractivity (Wildman–Crippen MR) is 118 cm³/mol. The second-order valence-corrected chi connectivity index (χ2v) is 7.62. The molecule has 1 amide bonds. The Kier molecular flexibility index (Phi) is 7.32. The minimum atomic E-state index is -0.402. The van der Waals surface area contributed by atoms with Gasteiger partial charge in [0, 0.05) is 10.6 Å². The molecule has 3 rings (SSSR count). The lowest BCUT2D eigenvalue weighted by Gasteiger charge is -2.11.